The first-order chi connectivity index (χ1) is 9.78. The van der Waals surface area contributed by atoms with Crippen molar-refractivity contribution in [3.05, 3.63) is 60.3 Å². The molecule has 4 nitrogen and oxygen atoms in total. The first-order valence-corrected chi connectivity index (χ1v) is 6.58. The summed E-state index contributed by atoms with van der Waals surface area (Å²) >= 11 is 0. The van der Waals surface area contributed by atoms with Gasteiger partial charge in [-0.15, -0.1) is 0 Å². The summed E-state index contributed by atoms with van der Waals surface area (Å²) in [6.07, 6.45) is 1.87. The number of fused-ring (bicyclic) bond motifs is 1. The Kier molecular flexibility index (Phi) is 3.39. The minimum absolute atomic E-state index is 0.117. The average molecular weight is 267 g/mol. The molecule has 1 unspecified atom stereocenters. The molecule has 0 saturated carbocycles. The number of rotatable bonds is 4. The van der Waals surface area contributed by atoms with Crippen LogP contribution in [0.4, 0.5) is 0 Å². The monoisotopic (exact) mass is 267 g/mol. The molecule has 3 rings (SSSR count). The van der Waals surface area contributed by atoms with E-state index < -0.39 is 0 Å². The Hall–Kier alpha value is -2.33. The van der Waals surface area contributed by atoms with Gasteiger partial charge in [0.25, 0.3) is 0 Å². The summed E-state index contributed by atoms with van der Waals surface area (Å²) in [6.45, 7) is 0.640. The minimum Gasteiger partial charge on any atom is -0.497 e. The van der Waals surface area contributed by atoms with E-state index >= 15 is 0 Å². The summed E-state index contributed by atoms with van der Waals surface area (Å²) in [4.78, 5) is 0. The molecule has 1 aromatic heterocycles. The summed E-state index contributed by atoms with van der Waals surface area (Å²) in [6, 6.07) is 15.9. The molecule has 0 spiro atoms. The lowest BCUT2D eigenvalue weighted by atomic mass is 10.1. The molecule has 1 heterocycles. The Morgan fingerprint density at radius 3 is 2.90 bits per heavy atom. The topological polar surface area (TPSA) is 53.1 Å². The van der Waals surface area contributed by atoms with Crippen LogP contribution in [0.25, 0.3) is 10.9 Å². The van der Waals surface area contributed by atoms with Crippen molar-refractivity contribution in [1.29, 1.82) is 0 Å². The minimum atomic E-state index is -0.117. The highest BCUT2D eigenvalue weighted by molar-refractivity contribution is 5.78. The van der Waals surface area contributed by atoms with Crippen molar-refractivity contribution in [1.82, 2.24) is 9.78 Å². The van der Waals surface area contributed by atoms with E-state index in [4.69, 9.17) is 10.5 Å². The van der Waals surface area contributed by atoms with Gasteiger partial charge in [-0.05, 0) is 23.8 Å². The fourth-order valence-electron chi connectivity index (χ4n) is 2.34. The average Bonchev–Trinajstić information content (AvgIpc) is 2.90. The molecule has 0 amide bonds. The number of benzene rings is 2. The number of nitrogens with zero attached hydrogens (tertiary/aromatic N) is 2. The second kappa shape index (κ2) is 5.35. The molecular weight excluding hydrogens is 250 g/mol. The molecule has 0 aliphatic heterocycles. The summed E-state index contributed by atoms with van der Waals surface area (Å²) < 4.78 is 7.18. The summed E-state index contributed by atoms with van der Waals surface area (Å²) in [5.74, 6) is 0.822. The number of ether oxygens (including phenoxy) is 1. The third kappa shape index (κ3) is 2.38. The maximum atomic E-state index is 6.28. The number of nitrogens with two attached hydrogens (primary N) is 1. The Bertz CT molecular complexity index is 720. The van der Waals surface area contributed by atoms with Crippen molar-refractivity contribution < 1.29 is 4.74 Å². The van der Waals surface area contributed by atoms with Gasteiger partial charge in [-0.3, -0.25) is 4.68 Å². The van der Waals surface area contributed by atoms with Crippen LogP contribution in [0, 0.1) is 0 Å². The van der Waals surface area contributed by atoms with Gasteiger partial charge < -0.3 is 10.5 Å². The molecule has 20 heavy (non-hydrogen) atoms. The molecule has 0 bridgehead atoms. The van der Waals surface area contributed by atoms with Gasteiger partial charge in [0.1, 0.15) is 5.75 Å². The normalized spacial score (nSPS) is 12.5. The second-order valence-electron chi connectivity index (χ2n) is 4.77. The van der Waals surface area contributed by atoms with E-state index in [1.165, 1.54) is 0 Å². The Morgan fingerprint density at radius 2 is 2.05 bits per heavy atom. The third-order valence-electron chi connectivity index (χ3n) is 3.44. The van der Waals surface area contributed by atoms with E-state index in [9.17, 15) is 0 Å². The first-order valence-electron chi connectivity index (χ1n) is 6.58. The largest absolute Gasteiger partial charge is 0.497 e. The van der Waals surface area contributed by atoms with Gasteiger partial charge in [-0.25, -0.2) is 0 Å². The van der Waals surface area contributed by atoms with Crippen LogP contribution in [-0.4, -0.2) is 16.9 Å². The molecule has 0 fully saturated rings. The number of methoxy groups -OCH3 is 1. The van der Waals surface area contributed by atoms with E-state index in [1.807, 2.05) is 47.3 Å². The lowest BCUT2D eigenvalue weighted by Crippen LogP contribution is -2.18. The first kappa shape index (κ1) is 12.7. The van der Waals surface area contributed by atoms with Gasteiger partial charge in [0.05, 0.1) is 25.4 Å². The highest BCUT2D eigenvalue weighted by Crippen LogP contribution is 2.20. The molecular formula is C16H17N3O. The molecule has 2 aromatic carbocycles. The number of hydrogen-bond acceptors (Lipinski definition) is 3. The molecule has 0 aliphatic carbocycles. The van der Waals surface area contributed by atoms with Crippen molar-refractivity contribution in [2.24, 2.45) is 5.73 Å². The zero-order valence-corrected chi connectivity index (χ0v) is 11.4. The Labute approximate surface area is 117 Å². The number of aromatic nitrogens is 2. The summed E-state index contributed by atoms with van der Waals surface area (Å²) in [7, 11) is 1.66. The van der Waals surface area contributed by atoms with Crippen molar-refractivity contribution in [3.63, 3.8) is 0 Å². The van der Waals surface area contributed by atoms with E-state index in [2.05, 4.69) is 17.2 Å². The maximum Gasteiger partial charge on any atom is 0.119 e. The van der Waals surface area contributed by atoms with Crippen LogP contribution >= 0.6 is 0 Å². The Balaban J connectivity index is 1.86. The van der Waals surface area contributed by atoms with Crippen molar-refractivity contribution in [3.8, 4) is 5.75 Å². The SMILES string of the molecule is COc1cccc(C(N)Cn2ncc3ccccc32)c1. The fourth-order valence-corrected chi connectivity index (χ4v) is 2.34. The van der Waals surface area contributed by atoms with Crippen LogP contribution in [0.15, 0.2) is 54.7 Å². The smallest absolute Gasteiger partial charge is 0.119 e. The lowest BCUT2D eigenvalue weighted by Gasteiger charge is -2.14. The zero-order chi connectivity index (χ0) is 13.9. The van der Waals surface area contributed by atoms with Gasteiger partial charge in [0.15, 0.2) is 0 Å². The van der Waals surface area contributed by atoms with Crippen molar-refractivity contribution in [2.75, 3.05) is 7.11 Å². The van der Waals surface area contributed by atoms with Crippen LogP contribution in [0.5, 0.6) is 5.75 Å². The standard InChI is InChI=1S/C16H17N3O/c1-20-14-7-4-6-12(9-14)15(17)11-19-16-8-3-2-5-13(16)10-18-19/h2-10,15H,11,17H2,1H3. The van der Waals surface area contributed by atoms with Crippen molar-refractivity contribution >= 4 is 10.9 Å². The molecule has 102 valence electrons. The van der Waals surface area contributed by atoms with Crippen LogP contribution in [0.1, 0.15) is 11.6 Å². The summed E-state index contributed by atoms with van der Waals surface area (Å²) in [5.41, 5.74) is 8.43. The van der Waals surface area contributed by atoms with Crippen LogP contribution in [0.2, 0.25) is 0 Å². The highest BCUT2D eigenvalue weighted by Gasteiger charge is 2.10. The predicted molar refractivity (Wildman–Crippen MR) is 79.7 cm³/mol. The molecule has 0 aliphatic rings. The predicted octanol–water partition coefficient (Wildman–Crippen LogP) is 2.74. The molecule has 2 N–H and O–H groups in total. The van der Waals surface area contributed by atoms with E-state index in [1.54, 1.807) is 7.11 Å². The number of para-hydroxylation sites is 1. The molecule has 1 atom stereocenters. The molecule has 0 radical (unpaired) electrons. The van der Waals surface area contributed by atoms with Crippen molar-refractivity contribution in [2.45, 2.75) is 12.6 Å². The maximum absolute atomic E-state index is 6.28. The van der Waals surface area contributed by atoms with E-state index in [0.29, 0.717) is 6.54 Å². The van der Waals surface area contributed by atoms with E-state index in [-0.39, 0.29) is 6.04 Å². The van der Waals surface area contributed by atoms with Crippen LogP contribution < -0.4 is 10.5 Å². The second-order valence-corrected chi connectivity index (χ2v) is 4.77. The fraction of sp³-hybridized carbons (Fsp3) is 0.188. The van der Waals surface area contributed by atoms with Gasteiger partial charge >= 0.3 is 0 Å². The third-order valence-corrected chi connectivity index (χ3v) is 3.44. The van der Waals surface area contributed by atoms with Crippen LogP contribution in [0.3, 0.4) is 0 Å². The Morgan fingerprint density at radius 1 is 1.20 bits per heavy atom. The lowest BCUT2D eigenvalue weighted by molar-refractivity contribution is 0.413. The highest BCUT2D eigenvalue weighted by atomic mass is 16.5. The quantitative estimate of drug-likeness (QED) is 0.790. The molecule has 0 saturated heterocycles. The molecule has 4 heteroatoms. The van der Waals surface area contributed by atoms with Gasteiger partial charge in [0, 0.05) is 11.4 Å². The van der Waals surface area contributed by atoms with Crippen LogP contribution in [-0.2, 0) is 6.54 Å². The summed E-state index contributed by atoms with van der Waals surface area (Å²) in [5, 5.41) is 5.54. The zero-order valence-electron chi connectivity index (χ0n) is 11.4. The van der Waals surface area contributed by atoms with Gasteiger partial charge in [-0.2, -0.15) is 5.10 Å². The molecule has 3 aromatic rings. The van der Waals surface area contributed by atoms with Gasteiger partial charge in [0.2, 0.25) is 0 Å². The van der Waals surface area contributed by atoms with Gasteiger partial charge in [-0.1, -0.05) is 30.3 Å². The van der Waals surface area contributed by atoms with E-state index in [0.717, 1.165) is 22.2 Å². The number of hydrogen-bond donors (Lipinski definition) is 1.